The number of aromatic nitrogens is 1. The highest BCUT2D eigenvalue weighted by Crippen LogP contribution is 2.32. The number of anilines is 1. The molecule has 1 aliphatic carbocycles. The highest BCUT2D eigenvalue weighted by Gasteiger charge is 2.38. The van der Waals surface area contributed by atoms with Crippen LogP contribution in [0, 0.1) is 5.92 Å². The first-order valence-electron chi connectivity index (χ1n) is 11.0. The van der Waals surface area contributed by atoms with Crippen molar-refractivity contribution < 1.29 is 19.4 Å². The first-order valence-corrected chi connectivity index (χ1v) is 11.0. The van der Waals surface area contributed by atoms with E-state index < -0.39 is 12.1 Å². The summed E-state index contributed by atoms with van der Waals surface area (Å²) in [6, 6.07) is 12.1. The highest BCUT2D eigenvalue weighted by molar-refractivity contribution is 6.02. The summed E-state index contributed by atoms with van der Waals surface area (Å²) >= 11 is 0. The second-order valence-corrected chi connectivity index (χ2v) is 8.32. The number of carbonyl (C=O) groups is 2. The molecule has 0 bridgehead atoms. The van der Waals surface area contributed by atoms with Gasteiger partial charge in [0.2, 0.25) is 5.91 Å². The van der Waals surface area contributed by atoms with Crippen molar-refractivity contribution in [2.75, 3.05) is 25.1 Å². The van der Waals surface area contributed by atoms with Crippen molar-refractivity contribution in [3.63, 3.8) is 0 Å². The Morgan fingerprint density at radius 2 is 1.90 bits per heavy atom. The van der Waals surface area contributed by atoms with E-state index in [2.05, 4.69) is 10.3 Å². The number of aliphatic hydroxyl groups excluding tert-OH is 1. The molecular formula is C24H29N3O4. The molecule has 0 spiro atoms. The van der Waals surface area contributed by atoms with Gasteiger partial charge in [-0.3, -0.25) is 14.6 Å². The smallest absolute Gasteiger partial charge is 0.274 e. The maximum absolute atomic E-state index is 12.6. The van der Waals surface area contributed by atoms with E-state index >= 15 is 0 Å². The third-order valence-electron chi connectivity index (χ3n) is 6.22. The van der Waals surface area contributed by atoms with Gasteiger partial charge >= 0.3 is 0 Å². The lowest BCUT2D eigenvalue weighted by Crippen LogP contribution is -2.54. The summed E-state index contributed by atoms with van der Waals surface area (Å²) in [4.78, 5) is 30.7. The topological polar surface area (TPSA) is 91.8 Å². The van der Waals surface area contributed by atoms with Crippen LogP contribution in [0.1, 0.15) is 54.3 Å². The minimum Gasteiger partial charge on any atom is -0.394 e. The number of nitrogens with one attached hydrogen (secondary N) is 1. The van der Waals surface area contributed by atoms with E-state index in [-0.39, 0.29) is 25.0 Å². The van der Waals surface area contributed by atoms with Crippen LogP contribution >= 0.6 is 0 Å². The molecule has 2 atom stereocenters. The molecule has 31 heavy (non-hydrogen) atoms. The van der Waals surface area contributed by atoms with Crippen LogP contribution in [-0.2, 0) is 9.53 Å². The van der Waals surface area contributed by atoms with Crippen LogP contribution in [0.4, 0.5) is 5.69 Å². The third-order valence-corrected chi connectivity index (χ3v) is 6.22. The van der Waals surface area contributed by atoms with Crippen molar-refractivity contribution in [2.24, 2.45) is 5.92 Å². The Balaban J connectivity index is 1.44. The Morgan fingerprint density at radius 1 is 1.13 bits per heavy atom. The number of amides is 2. The average Bonchev–Trinajstić information content (AvgIpc) is 2.82. The zero-order chi connectivity index (χ0) is 21.6. The van der Waals surface area contributed by atoms with E-state index in [1.807, 2.05) is 17.0 Å². The number of nitrogens with zero attached hydrogens (tertiary/aromatic N) is 2. The Kier molecular flexibility index (Phi) is 6.94. The second-order valence-electron chi connectivity index (χ2n) is 8.32. The molecule has 1 aliphatic heterocycles. The minimum absolute atomic E-state index is 0.0199. The predicted octanol–water partition coefficient (Wildman–Crippen LogP) is 3.18. The standard InChI is InChI=1S/C24H29N3O4/c28-15-21-23(31-16-22(29)27(21)14-17-6-2-1-3-7-17)18-9-11-19(12-10-18)26-24(30)20-8-4-5-13-25-20/h4-5,8-13,17,21,23,28H,1-3,6-7,14-16H2,(H,26,30). The van der Waals surface area contributed by atoms with E-state index in [1.54, 1.807) is 36.5 Å². The molecule has 164 valence electrons. The van der Waals surface area contributed by atoms with Gasteiger partial charge in [-0.15, -0.1) is 0 Å². The molecule has 2 N–H and O–H groups in total. The summed E-state index contributed by atoms with van der Waals surface area (Å²) in [7, 11) is 0. The van der Waals surface area contributed by atoms with Crippen molar-refractivity contribution in [3.05, 3.63) is 59.9 Å². The molecule has 1 aromatic carbocycles. The fourth-order valence-corrected chi connectivity index (χ4v) is 4.55. The van der Waals surface area contributed by atoms with E-state index in [9.17, 15) is 14.7 Å². The summed E-state index contributed by atoms with van der Waals surface area (Å²) in [5.74, 6) is 0.162. The van der Waals surface area contributed by atoms with Crippen LogP contribution in [0.2, 0.25) is 0 Å². The molecule has 1 saturated heterocycles. The Morgan fingerprint density at radius 3 is 2.58 bits per heavy atom. The van der Waals surface area contributed by atoms with Gasteiger partial charge in [0.1, 0.15) is 18.4 Å². The molecule has 2 fully saturated rings. The molecule has 0 radical (unpaired) electrons. The van der Waals surface area contributed by atoms with E-state index in [0.717, 1.165) is 18.4 Å². The summed E-state index contributed by atoms with van der Waals surface area (Å²) in [6.07, 6.45) is 7.14. The number of hydrogen-bond donors (Lipinski definition) is 2. The summed E-state index contributed by atoms with van der Waals surface area (Å²) in [5.41, 5.74) is 1.86. The first-order chi connectivity index (χ1) is 15.2. The number of aliphatic hydroxyl groups is 1. The third kappa shape index (κ3) is 5.11. The van der Waals surface area contributed by atoms with Crippen molar-refractivity contribution in [1.82, 2.24) is 9.88 Å². The predicted molar refractivity (Wildman–Crippen MR) is 116 cm³/mol. The van der Waals surface area contributed by atoms with Crippen molar-refractivity contribution in [1.29, 1.82) is 0 Å². The Labute approximate surface area is 182 Å². The lowest BCUT2D eigenvalue weighted by molar-refractivity contribution is -0.162. The molecule has 2 unspecified atom stereocenters. The summed E-state index contributed by atoms with van der Waals surface area (Å²) in [5, 5.41) is 12.9. The number of pyridine rings is 1. The fourth-order valence-electron chi connectivity index (χ4n) is 4.55. The van der Waals surface area contributed by atoms with Gasteiger partial charge in [-0.05, 0) is 48.6 Å². The van der Waals surface area contributed by atoms with E-state index in [1.165, 1.54) is 19.3 Å². The molecule has 1 aromatic heterocycles. The zero-order valence-corrected chi connectivity index (χ0v) is 17.6. The van der Waals surface area contributed by atoms with Gasteiger partial charge in [-0.1, -0.05) is 37.5 Å². The second kappa shape index (κ2) is 10.0. The summed E-state index contributed by atoms with van der Waals surface area (Å²) in [6.45, 7) is 0.551. The zero-order valence-electron chi connectivity index (χ0n) is 17.6. The van der Waals surface area contributed by atoms with Crippen LogP contribution in [0.3, 0.4) is 0 Å². The number of ether oxygens (including phenoxy) is 1. The van der Waals surface area contributed by atoms with Gasteiger partial charge < -0.3 is 20.1 Å². The number of carbonyl (C=O) groups excluding carboxylic acids is 2. The average molecular weight is 424 g/mol. The van der Waals surface area contributed by atoms with E-state index in [0.29, 0.717) is 23.8 Å². The number of morpholine rings is 1. The Bertz CT molecular complexity index is 881. The largest absolute Gasteiger partial charge is 0.394 e. The van der Waals surface area contributed by atoms with Crippen molar-refractivity contribution in [2.45, 2.75) is 44.2 Å². The molecule has 2 aromatic rings. The number of hydrogen-bond acceptors (Lipinski definition) is 5. The maximum atomic E-state index is 12.6. The van der Waals surface area contributed by atoms with Crippen LogP contribution in [0.5, 0.6) is 0 Å². The van der Waals surface area contributed by atoms with Gasteiger partial charge in [-0.25, -0.2) is 0 Å². The van der Waals surface area contributed by atoms with Crippen molar-refractivity contribution >= 4 is 17.5 Å². The maximum Gasteiger partial charge on any atom is 0.274 e. The lowest BCUT2D eigenvalue weighted by Gasteiger charge is -2.42. The minimum atomic E-state index is -0.405. The molecular weight excluding hydrogens is 394 g/mol. The number of benzene rings is 1. The van der Waals surface area contributed by atoms with Crippen LogP contribution in [-0.4, -0.2) is 52.6 Å². The monoisotopic (exact) mass is 423 g/mol. The van der Waals surface area contributed by atoms with Crippen LogP contribution in [0.15, 0.2) is 48.7 Å². The Hall–Kier alpha value is -2.77. The van der Waals surface area contributed by atoms with Gasteiger partial charge in [0.05, 0.1) is 12.6 Å². The molecule has 2 heterocycles. The first kappa shape index (κ1) is 21.5. The summed E-state index contributed by atoms with van der Waals surface area (Å²) < 4.78 is 5.84. The molecule has 1 saturated carbocycles. The van der Waals surface area contributed by atoms with Crippen LogP contribution < -0.4 is 5.32 Å². The fraction of sp³-hybridized carbons (Fsp3) is 0.458. The van der Waals surface area contributed by atoms with E-state index in [4.69, 9.17) is 4.74 Å². The lowest BCUT2D eigenvalue weighted by atomic mass is 9.88. The van der Waals surface area contributed by atoms with Crippen molar-refractivity contribution in [3.8, 4) is 0 Å². The molecule has 7 heteroatoms. The van der Waals surface area contributed by atoms with Gasteiger partial charge in [0.15, 0.2) is 0 Å². The highest BCUT2D eigenvalue weighted by atomic mass is 16.5. The van der Waals surface area contributed by atoms with Gasteiger partial charge in [-0.2, -0.15) is 0 Å². The molecule has 2 aliphatic rings. The van der Waals surface area contributed by atoms with Gasteiger partial charge in [0.25, 0.3) is 5.91 Å². The molecule has 2 amide bonds. The van der Waals surface area contributed by atoms with Gasteiger partial charge in [0, 0.05) is 18.4 Å². The quantitative estimate of drug-likeness (QED) is 0.745. The molecule has 7 nitrogen and oxygen atoms in total. The molecule has 4 rings (SSSR count). The SMILES string of the molecule is O=C(Nc1ccc(C2OCC(=O)N(CC3CCCCC3)C2CO)cc1)c1ccccn1. The normalized spacial score (nSPS) is 22.4. The number of rotatable bonds is 6. The van der Waals surface area contributed by atoms with Crippen LogP contribution in [0.25, 0.3) is 0 Å².